The Morgan fingerprint density at radius 2 is 2.07 bits per heavy atom. The molecule has 0 saturated heterocycles. The van der Waals surface area contributed by atoms with E-state index in [-0.39, 0.29) is 3.79 Å². The Bertz CT molecular complexity index is 239. The summed E-state index contributed by atoms with van der Waals surface area (Å²) in [5.74, 6) is -0.593. The van der Waals surface area contributed by atoms with Crippen molar-refractivity contribution >= 4 is 45.1 Å². The number of carbonyl (C=O) groups is 2. The van der Waals surface area contributed by atoms with Crippen LogP contribution in [0.5, 0.6) is 0 Å². The van der Waals surface area contributed by atoms with Crippen LogP contribution in [0.1, 0.15) is 6.92 Å². The Kier molecular flexibility index (Phi) is 7.44. The van der Waals surface area contributed by atoms with Gasteiger partial charge in [0, 0.05) is 22.6 Å². The van der Waals surface area contributed by atoms with Crippen molar-refractivity contribution in [3.63, 3.8) is 0 Å². The molecule has 0 aromatic rings. The van der Waals surface area contributed by atoms with Crippen LogP contribution in [0.2, 0.25) is 0 Å². The maximum atomic E-state index is 11.4. The number of aliphatic hydroxyl groups is 2. The molecule has 0 radical (unpaired) electrons. The lowest BCUT2D eigenvalue weighted by molar-refractivity contribution is -0.128. The molecule has 0 heterocycles. The summed E-state index contributed by atoms with van der Waals surface area (Å²) in [6, 6.07) is -1.89. The molecule has 15 heavy (non-hydrogen) atoms. The van der Waals surface area contributed by atoms with E-state index >= 15 is 0 Å². The van der Waals surface area contributed by atoms with Crippen LogP contribution >= 0.6 is 35.4 Å². The summed E-state index contributed by atoms with van der Waals surface area (Å²) < 4.78 is 1.92. The zero-order valence-electron chi connectivity index (χ0n) is 7.98. The molecule has 0 aliphatic rings. The number of halogens is 1. The smallest absolute Gasteiger partial charge is 0.241 e. The lowest BCUT2D eigenvalue weighted by Crippen LogP contribution is -2.52. The van der Waals surface area contributed by atoms with Crippen LogP contribution in [0.3, 0.4) is 0 Å². The quantitative estimate of drug-likeness (QED) is 0.231. The highest BCUT2D eigenvalue weighted by Gasteiger charge is 2.26. The molecule has 1 amide bonds. The van der Waals surface area contributed by atoms with Gasteiger partial charge in [-0.15, -0.1) is 0 Å². The van der Waals surface area contributed by atoms with Crippen LogP contribution in [0.15, 0.2) is 0 Å². The van der Waals surface area contributed by atoms with Crippen LogP contribution in [0, 0.1) is 0 Å². The molecule has 8 heteroatoms. The molecular formula is C7H13IN2O4S. The molecule has 0 aliphatic carbocycles. The van der Waals surface area contributed by atoms with Gasteiger partial charge in [0.25, 0.3) is 0 Å². The average Bonchev–Trinajstić information content (AvgIpc) is 2.14. The summed E-state index contributed by atoms with van der Waals surface area (Å²) >= 11 is 5.15. The second kappa shape index (κ2) is 7.39. The molecule has 0 bridgehead atoms. The van der Waals surface area contributed by atoms with Gasteiger partial charge in [-0.25, -0.2) is 0 Å². The molecule has 0 fully saturated rings. The van der Waals surface area contributed by atoms with Crippen LogP contribution in [0.4, 0.5) is 0 Å². The molecule has 3 atom stereocenters. The standard InChI is InChI=1S/C7H13IN2O4S/c1-3(12)5(10-15)7(14)9-4(2-11)6(8)13/h3-5,10-12,15H,2H2,1H3,(H,9,14)/t3-,4+,5+/m1/s1. The van der Waals surface area contributed by atoms with Gasteiger partial charge in [-0.2, -0.15) is 0 Å². The summed E-state index contributed by atoms with van der Waals surface area (Å²) in [5, 5.41) is 20.3. The first-order chi connectivity index (χ1) is 6.93. The molecule has 0 rings (SSSR count). The van der Waals surface area contributed by atoms with Crippen molar-refractivity contribution in [2.45, 2.75) is 25.1 Å². The number of rotatable bonds is 6. The highest BCUT2D eigenvalue weighted by Crippen LogP contribution is 1.98. The van der Waals surface area contributed by atoms with E-state index in [9.17, 15) is 14.7 Å². The normalized spacial score (nSPS) is 16.6. The minimum atomic E-state index is -0.957. The fraction of sp³-hybridized carbons (Fsp3) is 0.714. The lowest BCUT2D eigenvalue weighted by Gasteiger charge is -2.20. The number of hydrogen-bond acceptors (Lipinski definition) is 6. The van der Waals surface area contributed by atoms with Crippen molar-refractivity contribution in [2.75, 3.05) is 6.61 Å². The Morgan fingerprint density at radius 1 is 1.53 bits per heavy atom. The minimum Gasteiger partial charge on any atom is -0.394 e. The summed E-state index contributed by atoms with van der Waals surface area (Å²) in [6.07, 6.45) is -0.953. The molecule has 0 unspecified atom stereocenters. The maximum absolute atomic E-state index is 11.4. The Balaban J connectivity index is 4.38. The van der Waals surface area contributed by atoms with Gasteiger partial charge in [-0.05, 0) is 6.92 Å². The third-order valence-corrected chi connectivity index (χ3v) is 2.71. The number of carbonyl (C=O) groups excluding carboxylic acids is 2. The van der Waals surface area contributed by atoms with E-state index < -0.39 is 30.7 Å². The topological polar surface area (TPSA) is 98.7 Å². The number of amides is 1. The van der Waals surface area contributed by atoms with Crippen molar-refractivity contribution in [1.29, 1.82) is 0 Å². The van der Waals surface area contributed by atoms with Gasteiger partial charge in [-0.3, -0.25) is 14.3 Å². The lowest BCUT2D eigenvalue weighted by atomic mass is 10.2. The zero-order valence-corrected chi connectivity index (χ0v) is 11.0. The zero-order chi connectivity index (χ0) is 12.0. The van der Waals surface area contributed by atoms with E-state index in [1.54, 1.807) is 0 Å². The van der Waals surface area contributed by atoms with Gasteiger partial charge >= 0.3 is 0 Å². The Morgan fingerprint density at radius 3 is 2.33 bits per heavy atom. The predicted molar refractivity (Wildman–Crippen MR) is 65.6 cm³/mol. The molecule has 0 aromatic carbocycles. The molecule has 0 aromatic heterocycles. The average molecular weight is 348 g/mol. The summed E-state index contributed by atoms with van der Waals surface area (Å²) in [7, 11) is 0. The number of thiol groups is 1. The second-order valence-corrected chi connectivity index (χ2v) is 4.22. The number of aliphatic hydroxyl groups excluding tert-OH is 2. The third-order valence-electron chi connectivity index (χ3n) is 1.68. The first-order valence-corrected chi connectivity index (χ1v) is 5.64. The van der Waals surface area contributed by atoms with E-state index in [0.29, 0.717) is 0 Å². The van der Waals surface area contributed by atoms with E-state index in [4.69, 9.17) is 5.11 Å². The molecule has 0 aliphatic heterocycles. The van der Waals surface area contributed by atoms with Crippen molar-refractivity contribution in [3.8, 4) is 0 Å². The predicted octanol–water partition coefficient (Wildman–Crippen LogP) is -1.39. The largest absolute Gasteiger partial charge is 0.394 e. The van der Waals surface area contributed by atoms with Crippen LogP contribution in [-0.4, -0.2) is 44.7 Å². The van der Waals surface area contributed by atoms with Gasteiger partial charge in [0.15, 0.2) is 0 Å². The summed E-state index contributed by atoms with van der Waals surface area (Å²) in [5.41, 5.74) is 0. The SMILES string of the molecule is C[C@@H](O)[C@H](NS)C(=O)N[C@@H](CO)C(=O)I. The van der Waals surface area contributed by atoms with E-state index in [1.165, 1.54) is 29.5 Å². The van der Waals surface area contributed by atoms with Gasteiger partial charge in [0.2, 0.25) is 9.70 Å². The highest BCUT2D eigenvalue weighted by molar-refractivity contribution is 14.1. The van der Waals surface area contributed by atoms with Gasteiger partial charge in [0.1, 0.15) is 12.1 Å². The molecule has 88 valence electrons. The summed E-state index contributed by atoms with van der Waals surface area (Å²) in [6.45, 7) is 0.930. The minimum absolute atomic E-state index is 0.382. The van der Waals surface area contributed by atoms with Crippen molar-refractivity contribution < 1.29 is 19.8 Å². The fourth-order valence-electron chi connectivity index (χ4n) is 0.821. The van der Waals surface area contributed by atoms with Crippen molar-refractivity contribution in [1.82, 2.24) is 10.0 Å². The Hall–Kier alpha value is 0.1000. The number of hydrogen-bond donors (Lipinski definition) is 5. The Labute approximate surface area is 106 Å². The monoisotopic (exact) mass is 348 g/mol. The van der Waals surface area contributed by atoms with Crippen LogP contribution < -0.4 is 10.0 Å². The summed E-state index contributed by atoms with van der Waals surface area (Å²) in [4.78, 5) is 22.3. The molecule has 0 saturated carbocycles. The van der Waals surface area contributed by atoms with Crippen molar-refractivity contribution in [2.24, 2.45) is 0 Å². The van der Waals surface area contributed by atoms with E-state index in [2.05, 4.69) is 22.9 Å². The van der Waals surface area contributed by atoms with Crippen LogP contribution in [-0.2, 0) is 9.59 Å². The third kappa shape index (κ3) is 5.11. The van der Waals surface area contributed by atoms with Crippen molar-refractivity contribution in [3.05, 3.63) is 0 Å². The van der Waals surface area contributed by atoms with Crippen LogP contribution in [0.25, 0.3) is 0 Å². The van der Waals surface area contributed by atoms with E-state index in [0.717, 1.165) is 0 Å². The number of nitrogens with one attached hydrogen (secondary N) is 2. The first-order valence-electron chi connectivity index (χ1n) is 4.12. The molecule has 4 N–H and O–H groups in total. The second-order valence-electron chi connectivity index (χ2n) is 2.90. The fourth-order valence-corrected chi connectivity index (χ4v) is 1.51. The van der Waals surface area contributed by atoms with E-state index in [1.807, 2.05) is 0 Å². The molecular weight excluding hydrogens is 335 g/mol. The van der Waals surface area contributed by atoms with Gasteiger partial charge < -0.3 is 15.5 Å². The highest BCUT2D eigenvalue weighted by atomic mass is 127. The molecule has 0 spiro atoms. The molecule has 6 nitrogen and oxygen atoms in total. The van der Waals surface area contributed by atoms with Gasteiger partial charge in [-0.1, -0.05) is 12.8 Å². The first kappa shape index (κ1) is 15.1. The van der Waals surface area contributed by atoms with Gasteiger partial charge in [0.05, 0.1) is 12.7 Å². The maximum Gasteiger partial charge on any atom is 0.241 e.